The predicted octanol–water partition coefficient (Wildman–Crippen LogP) is 4.38. The second kappa shape index (κ2) is 7.17. The van der Waals surface area contributed by atoms with Crippen molar-refractivity contribution in [2.75, 3.05) is 6.61 Å². The van der Waals surface area contributed by atoms with Crippen LogP contribution in [0.5, 0.6) is 17.2 Å². The maximum atomic E-state index is 6.10. The Labute approximate surface area is 124 Å². The quantitative estimate of drug-likeness (QED) is 0.859. The molecule has 20 heavy (non-hydrogen) atoms. The smallest absolute Gasteiger partial charge is 0.133 e. The molecule has 0 atom stereocenters. The van der Waals surface area contributed by atoms with Crippen molar-refractivity contribution < 1.29 is 9.47 Å². The van der Waals surface area contributed by atoms with Crippen molar-refractivity contribution in [2.45, 2.75) is 19.9 Å². The molecule has 0 heterocycles. The van der Waals surface area contributed by atoms with E-state index >= 15 is 0 Å². The van der Waals surface area contributed by atoms with Gasteiger partial charge in [0.05, 0.1) is 6.61 Å². The van der Waals surface area contributed by atoms with Gasteiger partial charge in [0.2, 0.25) is 0 Å². The van der Waals surface area contributed by atoms with Crippen molar-refractivity contribution in [1.82, 2.24) is 0 Å². The van der Waals surface area contributed by atoms with E-state index < -0.39 is 0 Å². The lowest BCUT2D eigenvalue weighted by Crippen LogP contribution is -2.00. The minimum Gasteiger partial charge on any atom is -0.494 e. The van der Waals surface area contributed by atoms with Crippen molar-refractivity contribution in [1.29, 1.82) is 0 Å². The fourth-order valence-electron chi connectivity index (χ4n) is 1.78. The van der Waals surface area contributed by atoms with Gasteiger partial charge in [0, 0.05) is 17.1 Å². The van der Waals surface area contributed by atoms with E-state index in [1.807, 2.05) is 36.4 Å². The average molecular weight is 292 g/mol. The van der Waals surface area contributed by atoms with Crippen molar-refractivity contribution in [3.63, 3.8) is 0 Å². The van der Waals surface area contributed by atoms with Gasteiger partial charge in [-0.3, -0.25) is 0 Å². The van der Waals surface area contributed by atoms with Gasteiger partial charge < -0.3 is 15.2 Å². The van der Waals surface area contributed by atoms with E-state index in [2.05, 4.69) is 6.92 Å². The molecule has 0 spiro atoms. The van der Waals surface area contributed by atoms with Gasteiger partial charge in [0.15, 0.2) is 0 Å². The van der Waals surface area contributed by atoms with Crippen LogP contribution in [0, 0.1) is 0 Å². The summed E-state index contributed by atoms with van der Waals surface area (Å²) >= 11 is 6.10. The highest BCUT2D eigenvalue weighted by Crippen LogP contribution is 2.30. The second-order valence-corrected chi connectivity index (χ2v) is 4.75. The number of hydrogen-bond donors (Lipinski definition) is 1. The van der Waals surface area contributed by atoms with Crippen LogP contribution < -0.4 is 15.2 Å². The Morgan fingerprint density at radius 1 is 1.05 bits per heavy atom. The SMILES string of the molecule is CCCOc1ccc(Oc2cccc(Cl)c2CN)cc1. The summed E-state index contributed by atoms with van der Waals surface area (Å²) in [6, 6.07) is 13.0. The first-order chi connectivity index (χ1) is 9.74. The fraction of sp³-hybridized carbons (Fsp3) is 0.250. The molecule has 3 nitrogen and oxygen atoms in total. The molecule has 106 valence electrons. The molecule has 0 radical (unpaired) electrons. The van der Waals surface area contributed by atoms with Crippen molar-refractivity contribution in [3.05, 3.63) is 53.1 Å². The largest absolute Gasteiger partial charge is 0.494 e. The zero-order chi connectivity index (χ0) is 14.4. The van der Waals surface area contributed by atoms with Crippen LogP contribution >= 0.6 is 11.6 Å². The zero-order valence-corrected chi connectivity index (χ0v) is 12.2. The first-order valence-electron chi connectivity index (χ1n) is 6.62. The summed E-state index contributed by atoms with van der Waals surface area (Å²) in [5, 5.41) is 0.618. The van der Waals surface area contributed by atoms with E-state index in [1.54, 1.807) is 6.07 Å². The van der Waals surface area contributed by atoms with Crippen LogP contribution in [0.4, 0.5) is 0 Å². The normalized spacial score (nSPS) is 10.3. The molecule has 2 aromatic rings. The van der Waals surface area contributed by atoms with E-state index in [4.69, 9.17) is 26.8 Å². The van der Waals surface area contributed by atoms with Gasteiger partial charge in [0.25, 0.3) is 0 Å². The molecule has 2 aromatic carbocycles. The maximum Gasteiger partial charge on any atom is 0.133 e. The zero-order valence-electron chi connectivity index (χ0n) is 11.4. The van der Waals surface area contributed by atoms with Gasteiger partial charge in [-0.1, -0.05) is 24.6 Å². The molecule has 4 heteroatoms. The first kappa shape index (κ1) is 14.7. The fourth-order valence-corrected chi connectivity index (χ4v) is 2.03. The molecule has 0 unspecified atom stereocenters. The van der Waals surface area contributed by atoms with Crippen molar-refractivity contribution >= 4 is 11.6 Å². The number of hydrogen-bond acceptors (Lipinski definition) is 3. The topological polar surface area (TPSA) is 44.5 Å². The Morgan fingerprint density at radius 2 is 1.75 bits per heavy atom. The molecular formula is C16H18ClNO2. The summed E-state index contributed by atoms with van der Waals surface area (Å²) in [6.07, 6.45) is 0.987. The summed E-state index contributed by atoms with van der Waals surface area (Å²) in [6.45, 7) is 3.13. The van der Waals surface area contributed by atoms with Gasteiger partial charge in [-0.05, 0) is 42.8 Å². The number of benzene rings is 2. The van der Waals surface area contributed by atoms with Crippen LogP contribution in [0.15, 0.2) is 42.5 Å². The highest BCUT2D eigenvalue weighted by molar-refractivity contribution is 6.31. The molecule has 2 N–H and O–H groups in total. The molecule has 0 aliphatic carbocycles. The van der Waals surface area contributed by atoms with Crippen LogP contribution in [0.3, 0.4) is 0 Å². The minimum atomic E-state index is 0.340. The van der Waals surface area contributed by atoms with Gasteiger partial charge >= 0.3 is 0 Å². The number of rotatable bonds is 6. The summed E-state index contributed by atoms with van der Waals surface area (Å²) in [5.41, 5.74) is 6.51. The Kier molecular flexibility index (Phi) is 5.27. The molecule has 0 fully saturated rings. The minimum absolute atomic E-state index is 0.340. The highest BCUT2D eigenvalue weighted by Gasteiger charge is 2.07. The molecule has 0 bridgehead atoms. The standard InChI is InChI=1S/C16H18ClNO2/c1-2-10-19-12-6-8-13(9-7-12)20-16-5-3-4-15(17)14(16)11-18/h3-9H,2,10-11,18H2,1H3. The molecule has 0 saturated heterocycles. The van der Waals surface area contributed by atoms with Crippen LogP contribution in [0.25, 0.3) is 0 Å². The summed E-state index contributed by atoms with van der Waals surface area (Å²) in [5.74, 6) is 2.25. The third kappa shape index (κ3) is 3.65. The predicted molar refractivity (Wildman–Crippen MR) is 81.6 cm³/mol. The lowest BCUT2D eigenvalue weighted by atomic mass is 10.2. The summed E-state index contributed by atoms with van der Waals surface area (Å²) in [7, 11) is 0. The number of ether oxygens (including phenoxy) is 2. The van der Waals surface area contributed by atoms with E-state index in [0.29, 0.717) is 23.9 Å². The molecule has 0 aliphatic heterocycles. The van der Waals surface area contributed by atoms with Crippen LogP contribution in [0.1, 0.15) is 18.9 Å². The van der Waals surface area contributed by atoms with E-state index in [-0.39, 0.29) is 0 Å². The molecule has 2 rings (SSSR count). The lowest BCUT2D eigenvalue weighted by molar-refractivity contribution is 0.317. The number of nitrogens with two attached hydrogens (primary N) is 1. The third-order valence-corrected chi connectivity index (χ3v) is 3.16. The molecule has 0 aliphatic rings. The van der Waals surface area contributed by atoms with E-state index in [0.717, 1.165) is 23.5 Å². The van der Waals surface area contributed by atoms with Gasteiger partial charge in [-0.2, -0.15) is 0 Å². The van der Waals surface area contributed by atoms with Gasteiger partial charge in [-0.25, -0.2) is 0 Å². The lowest BCUT2D eigenvalue weighted by Gasteiger charge is -2.12. The van der Waals surface area contributed by atoms with Crippen molar-refractivity contribution in [2.24, 2.45) is 5.73 Å². The van der Waals surface area contributed by atoms with E-state index in [9.17, 15) is 0 Å². The first-order valence-corrected chi connectivity index (χ1v) is 7.00. The summed E-state index contributed by atoms with van der Waals surface area (Å²) < 4.78 is 11.3. The van der Waals surface area contributed by atoms with Gasteiger partial charge in [0.1, 0.15) is 17.2 Å². The Bertz CT molecular complexity index is 555. The van der Waals surface area contributed by atoms with Gasteiger partial charge in [-0.15, -0.1) is 0 Å². The van der Waals surface area contributed by atoms with Crippen LogP contribution in [-0.4, -0.2) is 6.61 Å². The van der Waals surface area contributed by atoms with Crippen LogP contribution in [-0.2, 0) is 6.54 Å². The number of halogens is 1. The Hall–Kier alpha value is -1.71. The third-order valence-electron chi connectivity index (χ3n) is 2.80. The van der Waals surface area contributed by atoms with Crippen molar-refractivity contribution in [3.8, 4) is 17.2 Å². The molecule has 0 saturated carbocycles. The molecule has 0 aromatic heterocycles. The Morgan fingerprint density at radius 3 is 2.40 bits per heavy atom. The highest BCUT2D eigenvalue weighted by atomic mass is 35.5. The van der Waals surface area contributed by atoms with E-state index in [1.165, 1.54) is 0 Å². The second-order valence-electron chi connectivity index (χ2n) is 4.34. The monoisotopic (exact) mass is 291 g/mol. The van der Waals surface area contributed by atoms with Crippen LogP contribution in [0.2, 0.25) is 5.02 Å². The Balaban J connectivity index is 2.12. The average Bonchev–Trinajstić information content (AvgIpc) is 2.47. The maximum absolute atomic E-state index is 6.10. The summed E-state index contributed by atoms with van der Waals surface area (Å²) in [4.78, 5) is 0. The molecule has 0 amide bonds. The molecular weight excluding hydrogens is 274 g/mol.